The second-order valence-corrected chi connectivity index (χ2v) is 6.86. The number of hydrogen-bond acceptors (Lipinski definition) is 7. The highest BCUT2D eigenvalue weighted by Gasteiger charge is 2.31. The average Bonchev–Trinajstić information content (AvgIpc) is 3.39. The van der Waals surface area contributed by atoms with Crippen LogP contribution in [0.5, 0.6) is 0 Å². The second kappa shape index (κ2) is 7.85. The summed E-state index contributed by atoms with van der Waals surface area (Å²) in [5, 5.41) is 8.24. The van der Waals surface area contributed by atoms with Crippen molar-refractivity contribution in [3.05, 3.63) is 59.4 Å². The molecule has 0 radical (unpaired) electrons. The van der Waals surface area contributed by atoms with Gasteiger partial charge in [-0.1, -0.05) is 12.1 Å². The van der Waals surface area contributed by atoms with Gasteiger partial charge in [-0.3, -0.25) is 9.78 Å². The fourth-order valence-corrected chi connectivity index (χ4v) is 3.25. The van der Waals surface area contributed by atoms with Crippen molar-refractivity contribution in [3.63, 3.8) is 0 Å². The SMILES string of the molecule is COCc1ccc(C(=O)N2CCC(c3nnc(-c4cnc(C)cn4)o3)C2)cc1. The van der Waals surface area contributed by atoms with Crippen LogP contribution in [-0.4, -0.2) is 51.2 Å². The number of carbonyl (C=O) groups excluding carboxylic acids is 1. The Morgan fingerprint density at radius 1 is 1.21 bits per heavy atom. The lowest BCUT2D eigenvalue weighted by atomic mass is 10.1. The third-order valence-corrected chi connectivity index (χ3v) is 4.78. The van der Waals surface area contributed by atoms with Gasteiger partial charge in [0.05, 0.1) is 24.4 Å². The molecule has 144 valence electrons. The molecule has 0 bridgehead atoms. The zero-order chi connectivity index (χ0) is 19.5. The lowest BCUT2D eigenvalue weighted by molar-refractivity contribution is 0.0790. The van der Waals surface area contributed by atoms with Gasteiger partial charge in [-0.05, 0) is 31.0 Å². The Labute approximate surface area is 162 Å². The maximum Gasteiger partial charge on any atom is 0.267 e. The van der Waals surface area contributed by atoms with E-state index < -0.39 is 0 Å². The predicted octanol–water partition coefficient (Wildman–Crippen LogP) is 2.61. The van der Waals surface area contributed by atoms with E-state index in [1.807, 2.05) is 36.1 Å². The number of amides is 1. The number of hydrogen-bond donors (Lipinski definition) is 0. The number of ether oxygens (including phenoxy) is 1. The van der Waals surface area contributed by atoms with E-state index in [0.29, 0.717) is 42.7 Å². The van der Waals surface area contributed by atoms with E-state index in [1.54, 1.807) is 19.5 Å². The van der Waals surface area contributed by atoms with Gasteiger partial charge in [0, 0.05) is 32.0 Å². The van der Waals surface area contributed by atoms with Gasteiger partial charge in [-0.25, -0.2) is 4.98 Å². The highest BCUT2D eigenvalue weighted by atomic mass is 16.5. The number of aryl methyl sites for hydroxylation is 1. The van der Waals surface area contributed by atoms with E-state index in [9.17, 15) is 4.79 Å². The van der Waals surface area contributed by atoms with E-state index in [4.69, 9.17) is 9.15 Å². The Hall–Kier alpha value is -3.13. The Bertz CT molecular complexity index is 953. The zero-order valence-corrected chi connectivity index (χ0v) is 15.8. The number of likely N-dealkylation sites (tertiary alicyclic amines) is 1. The maximum absolute atomic E-state index is 12.8. The smallest absolute Gasteiger partial charge is 0.267 e. The summed E-state index contributed by atoms with van der Waals surface area (Å²) in [6.07, 6.45) is 4.06. The molecule has 8 nitrogen and oxygen atoms in total. The van der Waals surface area contributed by atoms with Crippen LogP contribution in [0.15, 0.2) is 41.1 Å². The van der Waals surface area contributed by atoms with Crippen molar-refractivity contribution < 1.29 is 13.9 Å². The molecule has 1 unspecified atom stereocenters. The molecule has 28 heavy (non-hydrogen) atoms. The summed E-state index contributed by atoms with van der Waals surface area (Å²) < 4.78 is 10.9. The third kappa shape index (κ3) is 3.77. The van der Waals surface area contributed by atoms with Gasteiger partial charge in [0.15, 0.2) is 0 Å². The topological polar surface area (TPSA) is 94.2 Å². The lowest BCUT2D eigenvalue weighted by Crippen LogP contribution is -2.28. The zero-order valence-electron chi connectivity index (χ0n) is 15.8. The number of aromatic nitrogens is 4. The summed E-state index contributed by atoms with van der Waals surface area (Å²) in [7, 11) is 1.65. The molecule has 1 aliphatic rings. The molecular weight excluding hydrogens is 358 g/mol. The van der Waals surface area contributed by atoms with Crippen LogP contribution in [0.2, 0.25) is 0 Å². The number of benzene rings is 1. The van der Waals surface area contributed by atoms with Gasteiger partial charge in [0.2, 0.25) is 5.89 Å². The molecule has 4 rings (SSSR count). The maximum atomic E-state index is 12.8. The largest absolute Gasteiger partial charge is 0.419 e. The van der Waals surface area contributed by atoms with E-state index in [-0.39, 0.29) is 11.8 Å². The molecule has 1 amide bonds. The molecule has 0 N–H and O–H groups in total. The Morgan fingerprint density at radius 2 is 2.04 bits per heavy atom. The number of carbonyl (C=O) groups is 1. The molecule has 1 saturated heterocycles. The fraction of sp³-hybridized carbons (Fsp3) is 0.350. The minimum absolute atomic E-state index is 0.00982. The summed E-state index contributed by atoms with van der Waals surface area (Å²) in [5.74, 6) is 0.913. The standard InChI is InChI=1S/C20H21N5O3/c1-13-9-22-17(10-21-13)19-24-23-18(28-19)16-7-8-25(11-16)20(26)15-5-3-14(4-6-15)12-27-2/h3-6,9-10,16H,7-8,11-12H2,1-2H3. The van der Waals surface area contributed by atoms with Crippen LogP contribution < -0.4 is 0 Å². The van der Waals surface area contributed by atoms with Crippen molar-refractivity contribution in [3.8, 4) is 11.6 Å². The highest BCUT2D eigenvalue weighted by Crippen LogP contribution is 2.29. The van der Waals surface area contributed by atoms with Crippen LogP contribution in [0, 0.1) is 6.92 Å². The highest BCUT2D eigenvalue weighted by molar-refractivity contribution is 5.94. The van der Waals surface area contributed by atoms with Crippen molar-refractivity contribution in [2.45, 2.75) is 25.9 Å². The van der Waals surface area contributed by atoms with E-state index in [1.165, 1.54) is 0 Å². The first-order chi connectivity index (χ1) is 13.6. The van der Waals surface area contributed by atoms with Gasteiger partial charge in [-0.15, -0.1) is 10.2 Å². The van der Waals surface area contributed by atoms with Crippen LogP contribution in [0.25, 0.3) is 11.6 Å². The lowest BCUT2D eigenvalue weighted by Gasteiger charge is -2.16. The molecule has 3 aromatic rings. The Balaban J connectivity index is 1.42. The summed E-state index contributed by atoms with van der Waals surface area (Å²) in [5.41, 5.74) is 3.08. The molecule has 2 aromatic heterocycles. The van der Waals surface area contributed by atoms with Crippen LogP contribution in [0.1, 0.15) is 39.8 Å². The number of nitrogens with zero attached hydrogens (tertiary/aromatic N) is 5. The molecule has 1 aliphatic heterocycles. The molecule has 0 saturated carbocycles. The van der Waals surface area contributed by atoms with Crippen LogP contribution >= 0.6 is 0 Å². The fourth-order valence-electron chi connectivity index (χ4n) is 3.25. The van der Waals surface area contributed by atoms with E-state index in [0.717, 1.165) is 17.7 Å². The van der Waals surface area contributed by atoms with Crippen LogP contribution in [-0.2, 0) is 11.3 Å². The van der Waals surface area contributed by atoms with Crippen molar-refractivity contribution in [2.75, 3.05) is 20.2 Å². The molecular formula is C20H21N5O3. The molecule has 1 atom stereocenters. The Kier molecular flexibility index (Phi) is 5.12. The number of rotatable bonds is 5. The summed E-state index contributed by atoms with van der Waals surface area (Å²) >= 11 is 0. The summed E-state index contributed by atoms with van der Waals surface area (Å²) in [6, 6.07) is 7.50. The molecule has 0 aliphatic carbocycles. The normalized spacial score (nSPS) is 16.5. The van der Waals surface area contributed by atoms with E-state index in [2.05, 4.69) is 20.2 Å². The van der Waals surface area contributed by atoms with Gasteiger partial charge in [0.25, 0.3) is 11.8 Å². The van der Waals surface area contributed by atoms with Crippen molar-refractivity contribution in [1.82, 2.24) is 25.1 Å². The van der Waals surface area contributed by atoms with Crippen molar-refractivity contribution >= 4 is 5.91 Å². The average molecular weight is 379 g/mol. The molecule has 1 fully saturated rings. The van der Waals surface area contributed by atoms with Gasteiger partial charge < -0.3 is 14.1 Å². The first-order valence-electron chi connectivity index (χ1n) is 9.13. The molecule has 8 heteroatoms. The molecule has 0 spiro atoms. The van der Waals surface area contributed by atoms with E-state index >= 15 is 0 Å². The minimum Gasteiger partial charge on any atom is -0.419 e. The predicted molar refractivity (Wildman–Crippen MR) is 100 cm³/mol. The molecule has 3 heterocycles. The Morgan fingerprint density at radius 3 is 2.75 bits per heavy atom. The molecule has 1 aromatic carbocycles. The quantitative estimate of drug-likeness (QED) is 0.672. The number of methoxy groups -OCH3 is 1. The van der Waals surface area contributed by atoms with Gasteiger partial charge in [0.1, 0.15) is 5.69 Å². The minimum atomic E-state index is 0.00982. The van der Waals surface area contributed by atoms with Crippen molar-refractivity contribution in [1.29, 1.82) is 0 Å². The first kappa shape index (κ1) is 18.2. The van der Waals surface area contributed by atoms with Crippen LogP contribution in [0.4, 0.5) is 0 Å². The summed E-state index contributed by atoms with van der Waals surface area (Å²) in [4.78, 5) is 23.0. The first-order valence-corrected chi connectivity index (χ1v) is 9.13. The summed E-state index contributed by atoms with van der Waals surface area (Å²) in [6.45, 7) is 3.61. The van der Waals surface area contributed by atoms with Crippen LogP contribution in [0.3, 0.4) is 0 Å². The monoisotopic (exact) mass is 379 g/mol. The van der Waals surface area contributed by atoms with Gasteiger partial charge in [-0.2, -0.15) is 0 Å². The van der Waals surface area contributed by atoms with Gasteiger partial charge >= 0.3 is 0 Å². The van der Waals surface area contributed by atoms with Crippen molar-refractivity contribution in [2.24, 2.45) is 0 Å². The second-order valence-electron chi connectivity index (χ2n) is 6.86. The third-order valence-electron chi connectivity index (χ3n) is 4.78.